The number of carboxylic acid groups (broad SMARTS) is 1. The highest BCUT2D eigenvalue weighted by Gasteiger charge is 2.11. The lowest BCUT2D eigenvalue weighted by Crippen LogP contribution is -1.99. The number of aliphatic carboxylic acids is 1. The lowest BCUT2D eigenvalue weighted by atomic mass is 10.0. The number of benzene rings is 3. The van der Waals surface area contributed by atoms with Crippen LogP contribution in [0.4, 0.5) is 11.4 Å². The van der Waals surface area contributed by atoms with E-state index in [9.17, 15) is 4.79 Å². The molecule has 0 aliphatic rings. The highest BCUT2D eigenvalue weighted by molar-refractivity contribution is 6.09. The number of aryl methyl sites for hydroxylation is 2. The number of pyridine rings is 1. The van der Waals surface area contributed by atoms with Crippen molar-refractivity contribution < 1.29 is 9.90 Å². The van der Waals surface area contributed by atoms with Crippen molar-refractivity contribution in [1.82, 2.24) is 4.98 Å². The van der Waals surface area contributed by atoms with Crippen molar-refractivity contribution >= 4 is 51.6 Å². The van der Waals surface area contributed by atoms with Crippen molar-refractivity contribution in [2.24, 2.45) is 0 Å². The van der Waals surface area contributed by atoms with Gasteiger partial charge in [-0.3, -0.25) is 4.79 Å². The molecular weight excluding hydrogens is 384 g/mol. The summed E-state index contributed by atoms with van der Waals surface area (Å²) in [6, 6.07) is 22.5. The van der Waals surface area contributed by atoms with Gasteiger partial charge < -0.3 is 10.4 Å². The number of carbonyl (C=O) groups is 1. The molecule has 0 bridgehead atoms. The molecule has 29 heavy (non-hydrogen) atoms. The smallest absolute Gasteiger partial charge is 0.303 e. The lowest BCUT2D eigenvalue weighted by molar-refractivity contribution is -0.136. The predicted octanol–water partition coefficient (Wildman–Crippen LogP) is 6.13. The Hall–Kier alpha value is -3.11. The number of nitrogens with zero attached hydrogens (tertiary/aromatic N) is 1. The number of para-hydroxylation sites is 2. The molecule has 0 atom stereocenters. The van der Waals surface area contributed by atoms with Crippen LogP contribution in [0.2, 0.25) is 0 Å². The van der Waals surface area contributed by atoms with E-state index in [2.05, 4.69) is 36.5 Å². The number of hydrogen-bond donors (Lipinski definition) is 2. The fourth-order valence-corrected chi connectivity index (χ4v) is 3.54. The summed E-state index contributed by atoms with van der Waals surface area (Å²) < 4.78 is 0. The summed E-state index contributed by atoms with van der Waals surface area (Å²) in [5, 5.41) is 14.6. The number of aromatic nitrogens is 1. The van der Waals surface area contributed by atoms with Crippen molar-refractivity contribution in [3.8, 4) is 0 Å². The van der Waals surface area contributed by atoms with Gasteiger partial charge in [0.2, 0.25) is 0 Å². The van der Waals surface area contributed by atoms with E-state index in [1.165, 1.54) is 5.56 Å². The fourth-order valence-electron chi connectivity index (χ4n) is 3.54. The molecule has 0 saturated carbocycles. The zero-order valence-electron chi connectivity index (χ0n) is 16.2. The SMILES string of the molecule is CCc1cccc2c(Nc3ccc(CCC(=O)O)cc3)c3ccccc3nc12.Cl. The maximum Gasteiger partial charge on any atom is 0.303 e. The van der Waals surface area contributed by atoms with Crippen molar-refractivity contribution in [2.45, 2.75) is 26.2 Å². The molecule has 0 radical (unpaired) electrons. The van der Waals surface area contributed by atoms with Gasteiger partial charge in [-0.1, -0.05) is 55.5 Å². The summed E-state index contributed by atoms with van der Waals surface area (Å²) in [7, 11) is 0. The van der Waals surface area contributed by atoms with E-state index in [0.29, 0.717) is 6.42 Å². The number of anilines is 2. The van der Waals surface area contributed by atoms with Crippen molar-refractivity contribution in [3.63, 3.8) is 0 Å². The van der Waals surface area contributed by atoms with Gasteiger partial charge in [-0.05, 0) is 42.2 Å². The molecule has 5 heteroatoms. The number of halogens is 1. The first-order chi connectivity index (χ1) is 13.7. The molecule has 148 valence electrons. The zero-order valence-corrected chi connectivity index (χ0v) is 17.0. The van der Waals surface area contributed by atoms with E-state index in [-0.39, 0.29) is 18.8 Å². The molecule has 0 spiro atoms. The highest BCUT2D eigenvalue weighted by Crippen LogP contribution is 2.34. The largest absolute Gasteiger partial charge is 0.481 e. The highest BCUT2D eigenvalue weighted by atomic mass is 35.5. The van der Waals surface area contributed by atoms with E-state index in [1.807, 2.05) is 42.5 Å². The molecule has 4 rings (SSSR count). The van der Waals surface area contributed by atoms with Crippen LogP contribution in [0.1, 0.15) is 24.5 Å². The van der Waals surface area contributed by atoms with Gasteiger partial charge in [0.1, 0.15) is 0 Å². The quantitative estimate of drug-likeness (QED) is 0.378. The summed E-state index contributed by atoms with van der Waals surface area (Å²) in [6.45, 7) is 2.15. The number of carboxylic acids is 1. The van der Waals surface area contributed by atoms with Gasteiger partial charge in [0.05, 0.1) is 16.7 Å². The topological polar surface area (TPSA) is 62.2 Å². The van der Waals surface area contributed by atoms with Crippen LogP contribution in [0.3, 0.4) is 0 Å². The molecule has 0 aliphatic heterocycles. The molecule has 3 aromatic carbocycles. The van der Waals surface area contributed by atoms with Crippen LogP contribution in [0.15, 0.2) is 66.7 Å². The van der Waals surface area contributed by atoms with Crippen LogP contribution in [0.25, 0.3) is 21.8 Å². The van der Waals surface area contributed by atoms with Gasteiger partial charge in [0.25, 0.3) is 0 Å². The van der Waals surface area contributed by atoms with Crippen LogP contribution in [-0.2, 0) is 17.6 Å². The van der Waals surface area contributed by atoms with Gasteiger partial charge in [-0.15, -0.1) is 12.4 Å². The molecule has 0 unspecified atom stereocenters. The molecule has 1 aromatic heterocycles. The summed E-state index contributed by atoms with van der Waals surface area (Å²) in [5.41, 5.74) is 6.27. The van der Waals surface area contributed by atoms with Crippen LogP contribution in [-0.4, -0.2) is 16.1 Å². The van der Waals surface area contributed by atoms with Crippen LogP contribution in [0, 0.1) is 0 Å². The van der Waals surface area contributed by atoms with Gasteiger partial charge in [-0.2, -0.15) is 0 Å². The predicted molar refractivity (Wildman–Crippen MR) is 122 cm³/mol. The molecule has 0 saturated heterocycles. The molecule has 4 aromatic rings. The average Bonchev–Trinajstić information content (AvgIpc) is 2.72. The monoisotopic (exact) mass is 406 g/mol. The van der Waals surface area contributed by atoms with Crippen LogP contribution >= 0.6 is 12.4 Å². The second-order valence-electron chi connectivity index (χ2n) is 6.89. The normalized spacial score (nSPS) is 10.7. The molecule has 0 amide bonds. The molecule has 0 fully saturated rings. The average molecular weight is 407 g/mol. The first-order valence-electron chi connectivity index (χ1n) is 9.54. The molecule has 2 N–H and O–H groups in total. The Kier molecular flexibility index (Phi) is 6.35. The van der Waals surface area contributed by atoms with Gasteiger partial charge in [-0.25, -0.2) is 4.98 Å². The lowest BCUT2D eigenvalue weighted by Gasteiger charge is -2.15. The minimum atomic E-state index is -0.774. The van der Waals surface area contributed by atoms with Gasteiger partial charge in [0.15, 0.2) is 0 Å². The Morgan fingerprint density at radius 3 is 2.41 bits per heavy atom. The van der Waals surface area contributed by atoms with E-state index < -0.39 is 5.97 Å². The second kappa shape index (κ2) is 8.93. The summed E-state index contributed by atoms with van der Waals surface area (Å²) in [4.78, 5) is 15.7. The summed E-state index contributed by atoms with van der Waals surface area (Å²) >= 11 is 0. The standard InChI is InChI=1S/C24H22N2O2.ClH/c1-2-17-6-5-8-20-23(17)26-21-9-4-3-7-19(21)24(20)25-18-13-10-16(11-14-18)12-15-22(27)28;/h3-11,13-14H,2,12,15H2,1H3,(H,25,26)(H,27,28);1H. The minimum Gasteiger partial charge on any atom is -0.481 e. The maximum absolute atomic E-state index is 10.8. The van der Waals surface area contributed by atoms with E-state index in [1.54, 1.807) is 0 Å². The Bertz CT molecular complexity index is 1160. The summed E-state index contributed by atoms with van der Waals surface area (Å²) in [6.07, 6.45) is 1.61. The van der Waals surface area contributed by atoms with Crippen molar-refractivity contribution in [1.29, 1.82) is 0 Å². The number of hydrogen-bond acceptors (Lipinski definition) is 3. The van der Waals surface area contributed by atoms with Crippen LogP contribution < -0.4 is 5.32 Å². The Balaban J connectivity index is 0.00000240. The third-order valence-electron chi connectivity index (χ3n) is 5.03. The van der Waals surface area contributed by atoms with E-state index in [4.69, 9.17) is 10.1 Å². The molecule has 0 aliphatic carbocycles. The van der Waals surface area contributed by atoms with E-state index in [0.717, 1.165) is 45.2 Å². The Labute approximate surface area is 176 Å². The molecule has 4 nitrogen and oxygen atoms in total. The molecular formula is C24H23ClN2O2. The maximum atomic E-state index is 10.8. The fraction of sp³-hybridized carbons (Fsp3) is 0.167. The minimum absolute atomic E-state index is 0. The van der Waals surface area contributed by atoms with Gasteiger partial charge >= 0.3 is 5.97 Å². The first-order valence-corrected chi connectivity index (χ1v) is 9.54. The third kappa shape index (κ3) is 4.33. The first kappa shape index (κ1) is 20.6. The van der Waals surface area contributed by atoms with Gasteiger partial charge in [0, 0.05) is 22.9 Å². The second-order valence-corrected chi connectivity index (χ2v) is 6.89. The number of rotatable bonds is 6. The van der Waals surface area contributed by atoms with Crippen molar-refractivity contribution in [2.75, 3.05) is 5.32 Å². The molecule has 1 heterocycles. The Morgan fingerprint density at radius 2 is 1.69 bits per heavy atom. The van der Waals surface area contributed by atoms with Crippen molar-refractivity contribution in [3.05, 3.63) is 77.9 Å². The number of nitrogens with one attached hydrogen (secondary N) is 1. The van der Waals surface area contributed by atoms with E-state index >= 15 is 0 Å². The van der Waals surface area contributed by atoms with Crippen LogP contribution in [0.5, 0.6) is 0 Å². The zero-order chi connectivity index (χ0) is 19.5. The Morgan fingerprint density at radius 1 is 0.966 bits per heavy atom. The third-order valence-corrected chi connectivity index (χ3v) is 5.03. The number of fused-ring (bicyclic) bond motifs is 2. The summed E-state index contributed by atoms with van der Waals surface area (Å²) in [5.74, 6) is -0.774.